The van der Waals surface area contributed by atoms with E-state index < -0.39 is 5.82 Å². The molecule has 0 spiro atoms. The first kappa shape index (κ1) is 14.5. The zero-order valence-electron chi connectivity index (χ0n) is 11.2. The molecular formula is C15H14ClFN2O. The lowest BCUT2D eigenvalue weighted by Crippen LogP contribution is -2.27. The molecule has 0 unspecified atom stereocenters. The molecule has 2 rings (SSSR count). The van der Waals surface area contributed by atoms with Gasteiger partial charge in [-0.1, -0.05) is 30.7 Å². The molecule has 1 heterocycles. The van der Waals surface area contributed by atoms with Crippen LogP contribution in [0.25, 0.3) is 0 Å². The van der Waals surface area contributed by atoms with Crippen LogP contribution in [0.4, 0.5) is 10.1 Å². The number of rotatable bonds is 3. The molecule has 0 saturated carbocycles. The lowest BCUT2D eigenvalue weighted by atomic mass is 10.1. The number of nitrogens with zero attached hydrogens (tertiary/aromatic N) is 2. The Balaban J connectivity index is 2.36. The molecular weight excluding hydrogens is 279 g/mol. The number of aryl methyl sites for hydroxylation is 1. The first-order chi connectivity index (χ1) is 9.52. The highest BCUT2D eigenvalue weighted by atomic mass is 35.5. The van der Waals surface area contributed by atoms with Gasteiger partial charge in [-0.25, -0.2) is 9.37 Å². The summed E-state index contributed by atoms with van der Waals surface area (Å²) in [6.45, 7) is 1.92. The Labute approximate surface area is 122 Å². The van der Waals surface area contributed by atoms with Crippen LogP contribution in [0.5, 0.6) is 0 Å². The van der Waals surface area contributed by atoms with E-state index >= 15 is 0 Å². The minimum Gasteiger partial charge on any atom is -0.309 e. The fourth-order valence-electron chi connectivity index (χ4n) is 1.88. The van der Waals surface area contributed by atoms with E-state index in [0.717, 1.165) is 5.69 Å². The molecule has 0 N–H and O–H groups in total. The quantitative estimate of drug-likeness (QED) is 0.808. The van der Waals surface area contributed by atoms with E-state index in [1.54, 1.807) is 24.3 Å². The third kappa shape index (κ3) is 2.96. The summed E-state index contributed by atoms with van der Waals surface area (Å²) in [5.41, 5.74) is 1.35. The molecule has 0 saturated heterocycles. The molecule has 0 atom stereocenters. The maximum atomic E-state index is 13.7. The van der Waals surface area contributed by atoms with Gasteiger partial charge < -0.3 is 4.90 Å². The van der Waals surface area contributed by atoms with Crippen molar-refractivity contribution in [1.29, 1.82) is 0 Å². The number of halogens is 2. The van der Waals surface area contributed by atoms with Gasteiger partial charge in [0.2, 0.25) is 0 Å². The van der Waals surface area contributed by atoms with Crippen molar-refractivity contribution in [3.63, 3.8) is 0 Å². The Bertz CT molecular complexity index is 646. The summed E-state index contributed by atoms with van der Waals surface area (Å²) in [5, 5.41) is 0.259. The molecule has 0 radical (unpaired) electrons. The van der Waals surface area contributed by atoms with Crippen LogP contribution in [-0.2, 0) is 6.42 Å². The summed E-state index contributed by atoms with van der Waals surface area (Å²) in [4.78, 5) is 17.8. The molecule has 0 fully saturated rings. The van der Waals surface area contributed by atoms with E-state index in [0.29, 0.717) is 12.0 Å². The average molecular weight is 293 g/mol. The topological polar surface area (TPSA) is 33.2 Å². The first-order valence-electron chi connectivity index (χ1n) is 6.22. The maximum Gasteiger partial charge on any atom is 0.258 e. The largest absolute Gasteiger partial charge is 0.309 e. The highest BCUT2D eigenvalue weighted by Gasteiger charge is 2.17. The third-order valence-corrected chi connectivity index (χ3v) is 3.17. The molecule has 1 amide bonds. The summed E-state index contributed by atoms with van der Waals surface area (Å²) in [6, 6.07) is 9.29. The van der Waals surface area contributed by atoms with Crippen LogP contribution in [0.3, 0.4) is 0 Å². The Morgan fingerprint density at radius 1 is 1.35 bits per heavy atom. The molecule has 0 aliphatic rings. The summed E-state index contributed by atoms with van der Waals surface area (Å²) >= 11 is 5.90. The Kier molecular flexibility index (Phi) is 4.35. The van der Waals surface area contributed by atoms with Crippen molar-refractivity contribution < 1.29 is 9.18 Å². The predicted octanol–water partition coefficient (Wildman–Crippen LogP) is 3.71. The Hall–Kier alpha value is -1.94. The van der Waals surface area contributed by atoms with Crippen LogP contribution >= 0.6 is 11.6 Å². The molecule has 20 heavy (non-hydrogen) atoms. The van der Waals surface area contributed by atoms with Crippen LogP contribution in [0, 0.1) is 5.82 Å². The van der Waals surface area contributed by atoms with Crippen molar-refractivity contribution in [2.75, 3.05) is 11.9 Å². The molecule has 0 aliphatic heterocycles. The fourth-order valence-corrected chi connectivity index (χ4v) is 2.11. The number of benzene rings is 1. The van der Waals surface area contributed by atoms with Gasteiger partial charge in [-0.2, -0.15) is 0 Å². The average Bonchev–Trinajstić information content (AvgIpc) is 2.45. The Morgan fingerprint density at radius 3 is 2.70 bits per heavy atom. The molecule has 1 aromatic heterocycles. The molecule has 0 aliphatic carbocycles. The van der Waals surface area contributed by atoms with Crippen LogP contribution < -0.4 is 4.90 Å². The van der Waals surface area contributed by atoms with E-state index in [1.807, 2.05) is 6.92 Å². The number of carbonyl (C=O) groups is 1. The van der Waals surface area contributed by atoms with Crippen molar-refractivity contribution in [3.8, 4) is 0 Å². The van der Waals surface area contributed by atoms with E-state index in [-0.39, 0.29) is 16.7 Å². The van der Waals surface area contributed by atoms with Gasteiger partial charge in [-0.15, -0.1) is 0 Å². The zero-order chi connectivity index (χ0) is 14.7. The van der Waals surface area contributed by atoms with Crippen molar-refractivity contribution in [2.45, 2.75) is 13.3 Å². The first-order valence-corrected chi connectivity index (χ1v) is 6.59. The normalized spacial score (nSPS) is 10.4. The SMILES string of the molecule is CCc1cc(C(=O)N(C)c2ccccc2F)cc(Cl)n1. The number of hydrogen-bond acceptors (Lipinski definition) is 2. The summed E-state index contributed by atoms with van der Waals surface area (Å²) in [5.74, 6) is -0.770. The van der Waals surface area contributed by atoms with Crippen molar-refractivity contribution in [1.82, 2.24) is 4.98 Å². The summed E-state index contributed by atoms with van der Waals surface area (Å²) in [6.07, 6.45) is 0.671. The van der Waals surface area contributed by atoms with Gasteiger partial charge >= 0.3 is 0 Å². The second-order valence-corrected chi connectivity index (χ2v) is 4.73. The molecule has 0 bridgehead atoms. The summed E-state index contributed by atoms with van der Waals surface area (Å²) in [7, 11) is 1.53. The van der Waals surface area contributed by atoms with Gasteiger partial charge in [-0.3, -0.25) is 4.79 Å². The number of anilines is 1. The standard InChI is InChI=1S/C15H14ClFN2O/c1-3-11-8-10(9-14(16)18-11)15(20)19(2)13-7-5-4-6-12(13)17/h4-9H,3H2,1-2H3. The van der Waals surface area contributed by atoms with Crippen molar-refractivity contribution in [2.24, 2.45) is 0 Å². The molecule has 2 aromatic rings. The van der Waals surface area contributed by atoms with Crippen LogP contribution in [0.2, 0.25) is 5.15 Å². The van der Waals surface area contributed by atoms with Gasteiger partial charge in [-0.05, 0) is 30.7 Å². The lowest BCUT2D eigenvalue weighted by Gasteiger charge is -2.18. The minimum atomic E-state index is -0.445. The number of para-hydroxylation sites is 1. The van der Waals surface area contributed by atoms with E-state index in [9.17, 15) is 9.18 Å². The highest BCUT2D eigenvalue weighted by molar-refractivity contribution is 6.29. The minimum absolute atomic E-state index is 0.225. The molecule has 104 valence electrons. The third-order valence-electron chi connectivity index (χ3n) is 2.97. The van der Waals surface area contributed by atoms with E-state index in [2.05, 4.69) is 4.98 Å². The molecule has 1 aromatic carbocycles. The maximum absolute atomic E-state index is 13.7. The Morgan fingerprint density at radius 2 is 2.05 bits per heavy atom. The predicted molar refractivity (Wildman–Crippen MR) is 77.8 cm³/mol. The summed E-state index contributed by atoms with van der Waals surface area (Å²) < 4.78 is 13.7. The van der Waals surface area contributed by atoms with Gasteiger partial charge in [0.05, 0.1) is 5.69 Å². The monoisotopic (exact) mass is 292 g/mol. The van der Waals surface area contributed by atoms with Gasteiger partial charge in [0.1, 0.15) is 11.0 Å². The number of amides is 1. The fraction of sp³-hybridized carbons (Fsp3) is 0.200. The van der Waals surface area contributed by atoms with Gasteiger partial charge in [0, 0.05) is 18.3 Å². The van der Waals surface area contributed by atoms with Crippen LogP contribution in [0.15, 0.2) is 36.4 Å². The van der Waals surface area contributed by atoms with Crippen LogP contribution in [-0.4, -0.2) is 17.9 Å². The number of carbonyl (C=O) groups excluding carboxylic acids is 1. The van der Waals surface area contributed by atoms with E-state index in [4.69, 9.17) is 11.6 Å². The van der Waals surface area contributed by atoms with E-state index in [1.165, 1.54) is 24.1 Å². The zero-order valence-corrected chi connectivity index (χ0v) is 12.0. The number of pyridine rings is 1. The number of aromatic nitrogens is 1. The van der Waals surface area contributed by atoms with Crippen LogP contribution in [0.1, 0.15) is 23.0 Å². The van der Waals surface area contributed by atoms with Crippen molar-refractivity contribution in [3.05, 3.63) is 58.6 Å². The smallest absolute Gasteiger partial charge is 0.258 e. The lowest BCUT2D eigenvalue weighted by molar-refractivity contribution is 0.0992. The second-order valence-electron chi connectivity index (χ2n) is 4.34. The second kappa shape index (κ2) is 6.01. The highest BCUT2D eigenvalue weighted by Crippen LogP contribution is 2.20. The molecule has 3 nitrogen and oxygen atoms in total. The number of hydrogen-bond donors (Lipinski definition) is 0. The van der Waals surface area contributed by atoms with Gasteiger partial charge in [0.25, 0.3) is 5.91 Å². The van der Waals surface area contributed by atoms with Gasteiger partial charge in [0.15, 0.2) is 0 Å². The van der Waals surface area contributed by atoms with Crippen molar-refractivity contribution >= 4 is 23.2 Å². The molecule has 5 heteroatoms.